The molecule has 4 heterocycles. The lowest BCUT2D eigenvalue weighted by molar-refractivity contribution is -0.0646. The van der Waals surface area contributed by atoms with Crippen LogP contribution in [-0.4, -0.2) is 44.4 Å². The Morgan fingerprint density at radius 3 is 2.76 bits per heavy atom. The van der Waals surface area contributed by atoms with Gasteiger partial charge in [-0.2, -0.15) is 0 Å². The number of fused-ring (bicyclic) bond motifs is 3. The van der Waals surface area contributed by atoms with E-state index in [1.54, 1.807) is 12.3 Å². The molecule has 5 rings (SSSR count). The van der Waals surface area contributed by atoms with E-state index in [4.69, 9.17) is 4.74 Å². The lowest BCUT2D eigenvalue weighted by Crippen LogP contribution is -2.52. The highest BCUT2D eigenvalue weighted by atomic mass is 19.1. The number of piperidine rings is 1. The van der Waals surface area contributed by atoms with Crippen LogP contribution in [0.15, 0.2) is 48.9 Å². The Balaban J connectivity index is 1.34. The molecule has 0 radical (unpaired) electrons. The monoisotopic (exact) mass is 395 g/mol. The minimum absolute atomic E-state index is 0.268. The quantitative estimate of drug-likeness (QED) is 0.715. The van der Waals surface area contributed by atoms with Crippen LogP contribution in [0.3, 0.4) is 0 Å². The lowest BCUT2D eigenvalue weighted by Gasteiger charge is -2.44. The molecule has 2 aliphatic heterocycles. The van der Waals surface area contributed by atoms with Gasteiger partial charge in [-0.3, -0.25) is 9.88 Å². The summed E-state index contributed by atoms with van der Waals surface area (Å²) >= 11 is 0. The second-order valence-electron chi connectivity index (χ2n) is 8.50. The van der Waals surface area contributed by atoms with Gasteiger partial charge in [-0.15, -0.1) is 0 Å². The number of hydrogen-bond donors (Lipinski definition) is 1. The second-order valence-corrected chi connectivity index (χ2v) is 8.50. The molecule has 2 aromatic heterocycles. The van der Waals surface area contributed by atoms with Crippen LogP contribution in [0.25, 0.3) is 10.9 Å². The minimum Gasteiger partial charge on any atom is -0.494 e. The van der Waals surface area contributed by atoms with Gasteiger partial charge >= 0.3 is 0 Å². The van der Waals surface area contributed by atoms with E-state index in [2.05, 4.69) is 20.5 Å². The van der Waals surface area contributed by atoms with Crippen molar-refractivity contribution < 1.29 is 14.2 Å². The number of ether oxygens (including phenoxy) is 1. The molecular weight excluding hydrogens is 369 g/mol. The number of pyridine rings is 1. The first-order chi connectivity index (χ1) is 14.1. The Labute approximate surface area is 169 Å². The molecule has 0 unspecified atom stereocenters. The number of methoxy groups -OCH3 is 1. The molecule has 0 saturated carbocycles. The summed E-state index contributed by atoms with van der Waals surface area (Å²) in [5.41, 5.74) is 0.958. The van der Waals surface area contributed by atoms with Crippen molar-refractivity contribution >= 4 is 10.9 Å². The Morgan fingerprint density at radius 1 is 1.21 bits per heavy atom. The van der Waals surface area contributed by atoms with Gasteiger partial charge in [-0.25, -0.2) is 4.39 Å². The van der Waals surface area contributed by atoms with Crippen molar-refractivity contribution in [3.05, 3.63) is 60.3 Å². The van der Waals surface area contributed by atoms with E-state index in [-0.39, 0.29) is 23.7 Å². The van der Waals surface area contributed by atoms with E-state index < -0.39 is 5.60 Å². The maximum atomic E-state index is 14.6. The van der Waals surface area contributed by atoms with E-state index in [1.807, 2.05) is 30.6 Å². The largest absolute Gasteiger partial charge is 0.494 e. The van der Waals surface area contributed by atoms with E-state index in [0.717, 1.165) is 23.7 Å². The third-order valence-electron chi connectivity index (χ3n) is 6.66. The maximum absolute atomic E-state index is 14.6. The molecule has 0 aliphatic carbocycles. The average Bonchev–Trinajstić information content (AvgIpc) is 3.22. The van der Waals surface area contributed by atoms with Gasteiger partial charge < -0.3 is 14.4 Å². The number of halogens is 1. The molecule has 3 aromatic rings. The standard InChI is InChI=1S/C23H26FN3O2/c1-29-21-4-2-3-17(22(21)24)14-27-18-5-6-19(27)12-23(28,11-18)15-26-10-8-16-7-9-25-13-20(16)26/h2-4,7-10,13,18-19,28H,5-6,11-12,14-15H2,1H3/t18-,19-/m1/s1. The van der Waals surface area contributed by atoms with Crippen LogP contribution in [-0.2, 0) is 13.1 Å². The van der Waals surface area contributed by atoms with Crippen LogP contribution in [0.1, 0.15) is 31.2 Å². The Hall–Kier alpha value is -2.44. The number of rotatable bonds is 5. The molecule has 1 N–H and O–H groups in total. The summed E-state index contributed by atoms with van der Waals surface area (Å²) in [7, 11) is 1.49. The Morgan fingerprint density at radius 2 is 2.00 bits per heavy atom. The molecule has 0 amide bonds. The fourth-order valence-electron chi connectivity index (χ4n) is 5.32. The molecule has 2 aliphatic rings. The highest BCUT2D eigenvalue weighted by molar-refractivity contribution is 5.78. The third kappa shape index (κ3) is 3.30. The molecule has 6 heteroatoms. The molecule has 2 bridgehead atoms. The summed E-state index contributed by atoms with van der Waals surface area (Å²) in [6.45, 7) is 1.13. The van der Waals surface area contributed by atoms with Gasteiger partial charge in [0.1, 0.15) is 0 Å². The first-order valence-corrected chi connectivity index (χ1v) is 10.2. The molecule has 2 atom stereocenters. The van der Waals surface area contributed by atoms with Gasteiger partial charge in [0.05, 0.1) is 31.0 Å². The number of nitrogens with zero attached hydrogens (tertiary/aromatic N) is 3. The summed E-state index contributed by atoms with van der Waals surface area (Å²) in [5.74, 6) is 0.0120. The van der Waals surface area contributed by atoms with Gasteiger partial charge in [0, 0.05) is 42.0 Å². The summed E-state index contributed by atoms with van der Waals surface area (Å²) in [6, 6.07) is 9.91. The molecule has 5 nitrogen and oxygen atoms in total. The van der Waals surface area contributed by atoms with E-state index in [0.29, 0.717) is 31.5 Å². The smallest absolute Gasteiger partial charge is 0.169 e. The van der Waals surface area contributed by atoms with Gasteiger partial charge in [-0.1, -0.05) is 12.1 Å². The van der Waals surface area contributed by atoms with Gasteiger partial charge in [0.2, 0.25) is 0 Å². The van der Waals surface area contributed by atoms with Crippen LogP contribution < -0.4 is 4.74 Å². The third-order valence-corrected chi connectivity index (χ3v) is 6.66. The molecular formula is C23H26FN3O2. The molecule has 29 heavy (non-hydrogen) atoms. The zero-order valence-electron chi connectivity index (χ0n) is 16.6. The van der Waals surface area contributed by atoms with Crippen molar-refractivity contribution in [1.82, 2.24) is 14.5 Å². The van der Waals surface area contributed by atoms with Crippen LogP contribution in [0.5, 0.6) is 5.75 Å². The van der Waals surface area contributed by atoms with Gasteiger partial charge in [-0.05, 0) is 43.9 Å². The fourth-order valence-corrected chi connectivity index (χ4v) is 5.32. The van der Waals surface area contributed by atoms with Crippen molar-refractivity contribution in [3.8, 4) is 5.75 Å². The van der Waals surface area contributed by atoms with Crippen LogP contribution in [0.4, 0.5) is 4.39 Å². The summed E-state index contributed by atoms with van der Waals surface area (Å²) in [4.78, 5) is 6.61. The van der Waals surface area contributed by atoms with E-state index in [1.165, 1.54) is 7.11 Å². The predicted molar refractivity (Wildman–Crippen MR) is 109 cm³/mol. The number of aromatic nitrogens is 2. The first kappa shape index (κ1) is 18.6. The second kappa shape index (κ2) is 7.11. The number of benzene rings is 1. The normalized spacial score (nSPS) is 26.9. The zero-order chi connectivity index (χ0) is 20.0. The van der Waals surface area contributed by atoms with Gasteiger partial charge in [0.15, 0.2) is 11.6 Å². The van der Waals surface area contributed by atoms with E-state index in [9.17, 15) is 9.50 Å². The zero-order valence-corrected chi connectivity index (χ0v) is 16.6. The van der Waals surface area contributed by atoms with Crippen molar-refractivity contribution in [2.24, 2.45) is 0 Å². The van der Waals surface area contributed by atoms with Crippen molar-refractivity contribution in [2.45, 2.75) is 56.5 Å². The maximum Gasteiger partial charge on any atom is 0.169 e. The highest BCUT2D eigenvalue weighted by Gasteiger charge is 2.47. The van der Waals surface area contributed by atoms with Crippen molar-refractivity contribution in [3.63, 3.8) is 0 Å². The fraction of sp³-hybridized carbons (Fsp3) is 0.435. The molecule has 152 valence electrons. The predicted octanol–water partition coefficient (Wildman–Crippen LogP) is 3.74. The SMILES string of the molecule is COc1cccc(CN2[C@@H]3CC[C@@H]2CC(O)(Cn2ccc4ccncc42)C3)c1F. The van der Waals surface area contributed by atoms with E-state index >= 15 is 0 Å². The van der Waals surface area contributed by atoms with Crippen molar-refractivity contribution in [2.75, 3.05) is 7.11 Å². The molecule has 2 saturated heterocycles. The number of aliphatic hydroxyl groups is 1. The summed E-state index contributed by atoms with van der Waals surface area (Å²) < 4.78 is 21.9. The lowest BCUT2D eigenvalue weighted by atomic mass is 9.85. The topological polar surface area (TPSA) is 50.5 Å². The number of hydrogen-bond acceptors (Lipinski definition) is 4. The van der Waals surface area contributed by atoms with Crippen molar-refractivity contribution in [1.29, 1.82) is 0 Å². The molecule has 0 spiro atoms. The molecule has 2 fully saturated rings. The molecule has 1 aromatic carbocycles. The van der Waals surface area contributed by atoms with Gasteiger partial charge in [0.25, 0.3) is 0 Å². The Kier molecular flexibility index (Phi) is 4.56. The first-order valence-electron chi connectivity index (χ1n) is 10.2. The summed E-state index contributed by atoms with van der Waals surface area (Å²) in [6.07, 6.45) is 9.18. The Bertz CT molecular complexity index is 1020. The highest BCUT2D eigenvalue weighted by Crippen LogP contribution is 2.43. The minimum atomic E-state index is -0.753. The van der Waals surface area contributed by atoms with Crippen LogP contribution >= 0.6 is 0 Å². The summed E-state index contributed by atoms with van der Waals surface area (Å²) in [5, 5.41) is 12.6. The van der Waals surface area contributed by atoms with Crippen LogP contribution in [0, 0.1) is 5.82 Å². The average molecular weight is 395 g/mol. The van der Waals surface area contributed by atoms with Crippen LogP contribution in [0.2, 0.25) is 0 Å².